The molecule has 4 nitrogen and oxygen atoms in total. The van der Waals surface area contributed by atoms with Crippen molar-refractivity contribution in [2.75, 3.05) is 0 Å². The second-order valence-electron chi connectivity index (χ2n) is 4.78. The van der Waals surface area contributed by atoms with Crippen LogP contribution in [0.4, 0.5) is 0 Å². The van der Waals surface area contributed by atoms with Crippen LogP contribution >= 0.6 is 0 Å². The third-order valence-corrected chi connectivity index (χ3v) is 3.68. The standard InChI is InChI=1S/2C7H12N2.CH4/c2*1-5-6(2)9(4)7(3)8-5;/h2*1-4H3;1H4. The van der Waals surface area contributed by atoms with E-state index in [4.69, 9.17) is 0 Å². The van der Waals surface area contributed by atoms with Crippen molar-refractivity contribution in [2.45, 2.75) is 49.0 Å². The lowest BCUT2D eigenvalue weighted by molar-refractivity contribution is 0.827. The van der Waals surface area contributed by atoms with Crippen molar-refractivity contribution in [3.05, 3.63) is 34.4 Å². The predicted molar refractivity (Wildman–Crippen MR) is 81.6 cm³/mol. The molecule has 0 atom stereocenters. The highest BCUT2D eigenvalue weighted by molar-refractivity contribution is 5.12. The molecule has 0 amide bonds. The lowest BCUT2D eigenvalue weighted by Gasteiger charge is -1.94. The molecule has 0 aliphatic heterocycles. The molecule has 0 saturated heterocycles. The van der Waals surface area contributed by atoms with Gasteiger partial charge in [0.15, 0.2) is 0 Å². The molecule has 19 heavy (non-hydrogen) atoms. The molecule has 0 bridgehead atoms. The van der Waals surface area contributed by atoms with Crippen LogP contribution in [0.15, 0.2) is 0 Å². The van der Waals surface area contributed by atoms with E-state index in [1.165, 1.54) is 11.4 Å². The van der Waals surface area contributed by atoms with E-state index in [2.05, 4.69) is 32.9 Å². The molecule has 4 heteroatoms. The fraction of sp³-hybridized carbons (Fsp3) is 0.600. The lowest BCUT2D eigenvalue weighted by atomic mass is 10.4. The molecule has 0 saturated carbocycles. The minimum atomic E-state index is 0. The van der Waals surface area contributed by atoms with Crippen molar-refractivity contribution in [3.8, 4) is 0 Å². The van der Waals surface area contributed by atoms with E-state index >= 15 is 0 Å². The first-order chi connectivity index (χ1) is 8.25. The van der Waals surface area contributed by atoms with E-state index in [9.17, 15) is 0 Å². The van der Waals surface area contributed by atoms with E-state index in [0.717, 1.165) is 23.0 Å². The molecule has 0 spiro atoms. The van der Waals surface area contributed by atoms with Crippen molar-refractivity contribution >= 4 is 0 Å². The Morgan fingerprint density at radius 3 is 0.947 bits per heavy atom. The summed E-state index contributed by atoms with van der Waals surface area (Å²) in [7, 11) is 4.06. The molecule has 0 unspecified atom stereocenters. The topological polar surface area (TPSA) is 35.6 Å². The molecular weight excluding hydrogens is 236 g/mol. The number of hydrogen-bond donors (Lipinski definition) is 0. The minimum Gasteiger partial charge on any atom is -0.335 e. The van der Waals surface area contributed by atoms with E-state index in [0.29, 0.717) is 0 Å². The maximum atomic E-state index is 4.27. The molecular formula is C15H28N4. The number of aryl methyl sites for hydroxylation is 4. The monoisotopic (exact) mass is 264 g/mol. The molecule has 2 rings (SSSR count). The minimum absolute atomic E-state index is 0. The van der Waals surface area contributed by atoms with Gasteiger partial charge in [0.2, 0.25) is 0 Å². The van der Waals surface area contributed by atoms with Gasteiger partial charge in [0.25, 0.3) is 0 Å². The van der Waals surface area contributed by atoms with Crippen LogP contribution < -0.4 is 0 Å². The zero-order valence-electron chi connectivity index (χ0n) is 12.8. The number of nitrogens with zero attached hydrogens (tertiary/aromatic N) is 4. The van der Waals surface area contributed by atoms with Crippen molar-refractivity contribution in [1.29, 1.82) is 0 Å². The first-order valence-electron chi connectivity index (χ1n) is 6.18. The highest BCUT2D eigenvalue weighted by atomic mass is 15.1. The van der Waals surface area contributed by atoms with E-state index < -0.39 is 0 Å². The van der Waals surface area contributed by atoms with Crippen LogP contribution in [-0.4, -0.2) is 19.1 Å². The maximum absolute atomic E-state index is 4.27. The fourth-order valence-corrected chi connectivity index (χ4v) is 1.77. The third kappa shape index (κ3) is 3.69. The molecule has 2 heterocycles. The summed E-state index contributed by atoms with van der Waals surface area (Å²) in [5, 5.41) is 0. The maximum Gasteiger partial charge on any atom is 0.105 e. The van der Waals surface area contributed by atoms with Crippen molar-refractivity contribution in [1.82, 2.24) is 19.1 Å². The van der Waals surface area contributed by atoms with Gasteiger partial charge in [0.05, 0.1) is 11.4 Å². The van der Waals surface area contributed by atoms with Gasteiger partial charge in [-0.25, -0.2) is 9.97 Å². The Bertz CT molecular complexity index is 452. The Kier molecular flexibility index (Phi) is 6.00. The van der Waals surface area contributed by atoms with Gasteiger partial charge in [-0.3, -0.25) is 0 Å². The predicted octanol–water partition coefficient (Wildman–Crippen LogP) is 3.33. The quantitative estimate of drug-likeness (QED) is 0.731. The highest BCUT2D eigenvalue weighted by Crippen LogP contribution is 2.05. The Labute approximate surface area is 117 Å². The molecule has 0 N–H and O–H groups in total. The summed E-state index contributed by atoms with van der Waals surface area (Å²) >= 11 is 0. The molecule has 2 aromatic heterocycles. The van der Waals surface area contributed by atoms with Gasteiger partial charge in [-0.05, 0) is 41.5 Å². The summed E-state index contributed by atoms with van der Waals surface area (Å²) in [5.74, 6) is 2.18. The number of rotatable bonds is 0. The van der Waals surface area contributed by atoms with Crippen LogP contribution in [0.25, 0.3) is 0 Å². The van der Waals surface area contributed by atoms with Gasteiger partial charge in [0, 0.05) is 25.5 Å². The van der Waals surface area contributed by atoms with Crippen LogP contribution in [0.2, 0.25) is 0 Å². The average molecular weight is 264 g/mol. The van der Waals surface area contributed by atoms with Crippen LogP contribution in [0.3, 0.4) is 0 Å². The first kappa shape index (κ1) is 17.4. The summed E-state index contributed by atoms with van der Waals surface area (Å²) < 4.78 is 4.19. The fourth-order valence-electron chi connectivity index (χ4n) is 1.77. The lowest BCUT2D eigenvalue weighted by Crippen LogP contribution is -1.92. The van der Waals surface area contributed by atoms with Crippen LogP contribution in [0.5, 0.6) is 0 Å². The largest absolute Gasteiger partial charge is 0.335 e. The summed E-state index contributed by atoms with van der Waals surface area (Å²) in [4.78, 5) is 8.55. The van der Waals surface area contributed by atoms with Gasteiger partial charge < -0.3 is 9.13 Å². The number of imidazole rings is 2. The van der Waals surface area contributed by atoms with E-state index in [1.807, 2.05) is 41.8 Å². The Morgan fingerprint density at radius 2 is 0.895 bits per heavy atom. The molecule has 0 aliphatic rings. The van der Waals surface area contributed by atoms with Gasteiger partial charge >= 0.3 is 0 Å². The van der Waals surface area contributed by atoms with Crippen LogP contribution in [-0.2, 0) is 14.1 Å². The van der Waals surface area contributed by atoms with Crippen molar-refractivity contribution in [2.24, 2.45) is 14.1 Å². The molecule has 0 fully saturated rings. The Hall–Kier alpha value is -1.58. The Balaban J connectivity index is 0.000000324. The first-order valence-corrected chi connectivity index (χ1v) is 6.18. The summed E-state index contributed by atoms with van der Waals surface area (Å²) in [5.41, 5.74) is 4.78. The van der Waals surface area contributed by atoms with Gasteiger partial charge in [-0.15, -0.1) is 0 Å². The number of hydrogen-bond acceptors (Lipinski definition) is 2. The van der Waals surface area contributed by atoms with Crippen LogP contribution in [0.1, 0.15) is 41.9 Å². The molecule has 2 aromatic rings. The summed E-state index contributed by atoms with van der Waals surface area (Å²) in [6.07, 6.45) is 0. The molecule has 108 valence electrons. The van der Waals surface area contributed by atoms with Crippen molar-refractivity contribution in [3.63, 3.8) is 0 Å². The average Bonchev–Trinajstić information content (AvgIpc) is 2.66. The SMILES string of the molecule is C.Cc1nc(C)n(C)c1C.Cc1nc(C)n(C)c1C. The highest BCUT2D eigenvalue weighted by Gasteiger charge is 2.01. The number of aromatic nitrogens is 4. The summed E-state index contributed by atoms with van der Waals surface area (Å²) in [6, 6.07) is 0. The van der Waals surface area contributed by atoms with Gasteiger partial charge in [-0.2, -0.15) is 0 Å². The van der Waals surface area contributed by atoms with Gasteiger partial charge in [-0.1, -0.05) is 7.43 Å². The second-order valence-corrected chi connectivity index (χ2v) is 4.78. The summed E-state index contributed by atoms with van der Waals surface area (Å²) in [6.45, 7) is 12.2. The zero-order chi connectivity index (χ0) is 14.0. The zero-order valence-corrected chi connectivity index (χ0v) is 12.8. The molecule has 0 aliphatic carbocycles. The Morgan fingerprint density at radius 1 is 0.632 bits per heavy atom. The molecule has 0 radical (unpaired) electrons. The van der Waals surface area contributed by atoms with E-state index in [-0.39, 0.29) is 7.43 Å². The second kappa shape index (κ2) is 6.55. The molecule has 0 aromatic carbocycles. The van der Waals surface area contributed by atoms with Crippen LogP contribution in [0, 0.1) is 41.5 Å². The smallest absolute Gasteiger partial charge is 0.105 e. The third-order valence-electron chi connectivity index (χ3n) is 3.68. The van der Waals surface area contributed by atoms with Gasteiger partial charge in [0.1, 0.15) is 11.6 Å². The normalized spacial score (nSPS) is 9.68. The van der Waals surface area contributed by atoms with Crippen molar-refractivity contribution < 1.29 is 0 Å². The van der Waals surface area contributed by atoms with E-state index in [1.54, 1.807) is 0 Å².